The first-order chi connectivity index (χ1) is 17.5. The maximum absolute atomic E-state index is 11.7. The molecule has 1 aliphatic heterocycles. The van der Waals surface area contributed by atoms with Crippen molar-refractivity contribution in [2.24, 2.45) is 7.05 Å². The van der Waals surface area contributed by atoms with Crippen LogP contribution in [0.1, 0.15) is 18.4 Å². The smallest absolute Gasteiger partial charge is 0.319 e. The molecule has 0 aliphatic carbocycles. The van der Waals surface area contributed by atoms with Gasteiger partial charge in [0.1, 0.15) is 0 Å². The van der Waals surface area contributed by atoms with E-state index in [1.807, 2.05) is 37.6 Å². The summed E-state index contributed by atoms with van der Waals surface area (Å²) in [4.78, 5) is 18.8. The summed E-state index contributed by atoms with van der Waals surface area (Å²) >= 11 is 6.16. The first-order valence-corrected chi connectivity index (χ1v) is 12.2. The van der Waals surface area contributed by atoms with Gasteiger partial charge in [-0.2, -0.15) is 10.1 Å². The van der Waals surface area contributed by atoms with Gasteiger partial charge in [0.05, 0.1) is 31.2 Å². The van der Waals surface area contributed by atoms with E-state index in [2.05, 4.69) is 43.9 Å². The fourth-order valence-corrected chi connectivity index (χ4v) is 4.96. The molecular weight excluding hydrogens is 480 g/mol. The van der Waals surface area contributed by atoms with Crippen LogP contribution in [0.4, 0.5) is 17.3 Å². The van der Waals surface area contributed by atoms with Crippen molar-refractivity contribution >= 4 is 40.5 Å². The minimum atomic E-state index is -0.270. The molecule has 1 fully saturated rings. The van der Waals surface area contributed by atoms with Crippen molar-refractivity contribution in [3.8, 4) is 0 Å². The van der Waals surface area contributed by atoms with E-state index in [9.17, 15) is 4.79 Å². The Balaban J connectivity index is 1.35. The van der Waals surface area contributed by atoms with Crippen LogP contribution in [-0.4, -0.2) is 63.6 Å². The number of aromatic nitrogens is 5. The lowest BCUT2D eigenvalue weighted by Crippen LogP contribution is -2.49. The molecule has 1 saturated heterocycles. The van der Waals surface area contributed by atoms with E-state index in [0.717, 1.165) is 43.0 Å². The molecule has 1 aromatic carbocycles. The number of nitrogens with one attached hydrogen (secondary N) is 2. The molecule has 11 heteroatoms. The molecule has 0 unspecified atom stereocenters. The highest BCUT2D eigenvalue weighted by atomic mass is 35.5. The summed E-state index contributed by atoms with van der Waals surface area (Å²) < 4.78 is 8.32. The standard InChI is InChI=1S/C25H29ClN8O2/c1-32-16-20(14-28-32)29-24-30-23-21(4-3-11-34(23)31-24)33-12-9-25(10-13-33,17-27-15-22(35)36-2)18-5-7-19(26)8-6-18/h3-8,11,14,16,27H,9-10,12-13,15,17H2,1-2H3,(H,29,31). The van der Waals surface area contributed by atoms with Crippen molar-refractivity contribution in [3.05, 3.63) is 65.6 Å². The van der Waals surface area contributed by atoms with Crippen molar-refractivity contribution in [2.45, 2.75) is 18.3 Å². The third kappa shape index (κ3) is 5.00. The number of piperidine rings is 1. The lowest BCUT2D eigenvalue weighted by molar-refractivity contribution is -0.139. The van der Waals surface area contributed by atoms with Crippen LogP contribution in [0, 0.1) is 0 Å². The van der Waals surface area contributed by atoms with Gasteiger partial charge in [0, 0.05) is 49.5 Å². The van der Waals surface area contributed by atoms with Crippen LogP contribution in [0.3, 0.4) is 0 Å². The molecule has 3 aromatic heterocycles. The van der Waals surface area contributed by atoms with Crippen molar-refractivity contribution in [2.75, 3.05) is 43.5 Å². The Labute approximate surface area is 214 Å². The lowest BCUT2D eigenvalue weighted by atomic mass is 9.72. The van der Waals surface area contributed by atoms with Gasteiger partial charge in [-0.3, -0.25) is 9.48 Å². The number of rotatable bonds is 8. The average Bonchev–Trinajstić information content (AvgIpc) is 3.49. The zero-order valence-electron chi connectivity index (χ0n) is 20.3. The molecule has 188 valence electrons. The van der Waals surface area contributed by atoms with Crippen LogP contribution in [0.15, 0.2) is 55.0 Å². The molecule has 0 bridgehead atoms. The highest BCUT2D eigenvalue weighted by Gasteiger charge is 2.36. The summed E-state index contributed by atoms with van der Waals surface area (Å²) in [6.07, 6.45) is 7.32. The number of benzene rings is 1. The zero-order chi connectivity index (χ0) is 25.1. The number of esters is 1. The van der Waals surface area contributed by atoms with Crippen LogP contribution in [0.25, 0.3) is 5.65 Å². The largest absolute Gasteiger partial charge is 0.468 e. The molecule has 4 aromatic rings. The van der Waals surface area contributed by atoms with E-state index in [0.29, 0.717) is 17.5 Å². The second-order valence-corrected chi connectivity index (χ2v) is 9.52. The topological polar surface area (TPSA) is 102 Å². The summed E-state index contributed by atoms with van der Waals surface area (Å²) in [6.45, 7) is 2.52. The number of halogens is 1. The number of hydrogen-bond donors (Lipinski definition) is 2. The number of anilines is 3. The molecule has 0 amide bonds. The quantitative estimate of drug-likeness (QED) is 0.350. The van der Waals surface area contributed by atoms with Gasteiger partial charge in [-0.15, -0.1) is 5.10 Å². The maximum atomic E-state index is 11.7. The summed E-state index contributed by atoms with van der Waals surface area (Å²) in [5.74, 6) is 0.253. The van der Waals surface area contributed by atoms with E-state index >= 15 is 0 Å². The monoisotopic (exact) mass is 508 g/mol. The third-order valence-electron chi connectivity index (χ3n) is 6.78. The Bertz CT molecular complexity index is 1340. The van der Waals surface area contributed by atoms with Crippen LogP contribution in [-0.2, 0) is 22.0 Å². The van der Waals surface area contributed by atoms with Crippen LogP contribution >= 0.6 is 11.6 Å². The fourth-order valence-electron chi connectivity index (χ4n) is 4.83. The van der Waals surface area contributed by atoms with Crippen LogP contribution in [0.5, 0.6) is 0 Å². The van der Waals surface area contributed by atoms with E-state index in [1.165, 1.54) is 12.7 Å². The predicted octanol–water partition coefficient (Wildman–Crippen LogP) is 3.16. The number of carbonyl (C=O) groups excluding carboxylic acids is 1. The van der Waals surface area contributed by atoms with Crippen molar-refractivity contribution < 1.29 is 9.53 Å². The second-order valence-electron chi connectivity index (χ2n) is 9.08. The summed E-state index contributed by atoms with van der Waals surface area (Å²) in [5, 5.41) is 16.0. The average molecular weight is 509 g/mol. The number of methoxy groups -OCH3 is 1. The van der Waals surface area contributed by atoms with E-state index in [4.69, 9.17) is 21.3 Å². The van der Waals surface area contributed by atoms with E-state index in [-0.39, 0.29) is 17.9 Å². The molecular formula is C25H29ClN8O2. The van der Waals surface area contributed by atoms with Gasteiger partial charge in [0.15, 0.2) is 5.65 Å². The van der Waals surface area contributed by atoms with Gasteiger partial charge in [-0.25, -0.2) is 4.52 Å². The first-order valence-electron chi connectivity index (χ1n) is 11.9. The fraction of sp³-hybridized carbons (Fsp3) is 0.360. The van der Waals surface area contributed by atoms with Crippen LogP contribution in [0.2, 0.25) is 5.02 Å². The predicted molar refractivity (Wildman–Crippen MR) is 139 cm³/mol. The summed E-state index contributed by atoms with van der Waals surface area (Å²) in [6, 6.07) is 12.1. The lowest BCUT2D eigenvalue weighted by Gasteiger charge is -2.43. The SMILES string of the molecule is COC(=O)CNCC1(c2ccc(Cl)cc2)CCN(c2cccn3nc(Nc4cnn(C)c4)nc23)CC1. The minimum Gasteiger partial charge on any atom is -0.468 e. The summed E-state index contributed by atoms with van der Waals surface area (Å²) in [5.41, 5.74) is 3.76. The van der Waals surface area contributed by atoms with E-state index in [1.54, 1.807) is 15.4 Å². The maximum Gasteiger partial charge on any atom is 0.319 e. The highest BCUT2D eigenvalue weighted by molar-refractivity contribution is 6.30. The Kier molecular flexibility index (Phi) is 6.80. The molecule has 0 spiro atoms. The summed E-state index contributed by atoms with van der Waals surface area (Å²) in [7, 11) is 3.27. The third-order valence-corrected chi connectivity index (χ3v) is 7.03. The number of hydrogen-bond acceptors (Lipinski definition) is 8. The van der Waals surface area contributed by atoms with Gasteiger partial charge in [0.2, 0.25) is 5.95 Å². The van der Waals surface area contributed by atoms with Gasteiger partial charge >= 0.3 is 5.97 Å². The Morgan fingerprint density at radius 3 is 2.67 bits per heavy atom. The normalized spacial score (nSPS) is 15.2. The first kappa shape index (κ1) is 24.1. The zero-order valence-corrected chi connectivity index (χ0v) is 21.1. The number of aryl methyl sites for hydroxylation is 1. The second kappa shape index (κ2) is 10.2. The molecule has 0 saturated carbocycles. The minimum absolute atomic E-state index is 0.124. The molecule has 4 heterocycles. The van der Waals surface area contributed by atoms with Gasteiger partial charge in [-0.1, -0.05) is 23.7 Å². The number of ether oxygens (including phenoxy) is 1. The van der Waals surface area contributed by atoms with Gasteiger partial charge in [-0.05, 0) is 42.7 Å². The number of fused-ring (bicyclic) bond motifs is 1. The van der Waals surface area contributed by atoms with Gasteiger partial charge < -0.3 is 20.3 Å². The number of pyridine rings is 1. The van der Waals surface area contributed by atoms with Crippen molar-refractivity contribution in [3.63, 3.8) is 0 Å². The Morgan fingerprint density at radius 2 is 1.97 bits per heavy atom. The van der Waals surface area contributed by atoms with Crippen molar-refractivity contribution in [1.82, 2.24) is 29.7 Å². The molecule has 1 aliphatic rings. The van der Waals surface area contributed by atoms with E-state index < -0.39 is 0 Å². The molecule has 0 atom stereocenters. The Hall–Kier alpha value is -3.63. The molecule has 10 nitrogen and oxygen atoms in total. The Morgan fingerprint density at radius 1 is 1.19 bits per heavy atom. The number of carbonyl (C=O) groups is 1. The molecule has 5 rings (SSSR count). The molecule has 0 radical (unpaired) electrons. The van der Waals surface area contributed by atoms with Crippen molar-refractivity contribution in [1.29, 1.82) is 0 Å². The highest BCUT2D eigenvalue weighted by Crippen LogP contribution is 2.38. The van der Waals surface area contributed by atoms with Gasteiger partial charge in [0.25, 0.3) is 0 Å². The molecule has 2 N–H and O–H groups in total. The molecule has 36 heavy (non-hydrogen) atoms. The number of nitrogens with zero attached hydrogens (tertiary/aromatic N) is 6. The van der Waals surface area contributed by atoms with Crippen LogP contribution < -0.4 is 15.5 Å².